The number of alkyl halides is 1. The molecule has 0 bridgehead atoms. The van der Waals surface area contributed by atoms with Gasteiger partial charge in [-0.2, -0.15) is 0 Å². The van der Waals surface area contributed by atoms with Gasteiger partial charge in [0.2, 0.25) is 10.0 Å². The molecular formula is C22H25ClN6O4S2. The standard InChI is InChI=1S/C22H25ClN6O4S2/c1-15-3-7-18(8-4-15)35(32,33)28-11-9-19-22(28)24-14-20-25-26-21(29(19)20)16-5-6-17(13-16)27-34(30,31)12-2-10-23/h3-4,7-9,11,14,16-17,27H,2,5-6,10,12-13H2,1H3. The van der Waals surface area contributed by atoms with Crippen molar-refractivity contribution in [1.29, 1.82) is 0 Å². The van der Waals surface area contributed by atoms with Crippen molar-refractivity contribution in [3.05, 3.63) is 54.1 Å². The molecule has 3 aromatic heterocycles. The summed E-state index contributed by atoms with van der Waals surface area (Å²) in [6.45, 7) is 1.89. The molecule has 5 rings (SSSR count). The minimum atomic E-state index is -3.85. The second-order valence-corrected chi connectivity index (χ2v) is 12.9. The first-order chi connectivity index (χ1) is 16.7. The van der Waals surface area contributed by atoms with E-state index in [2.05, 4.69) is 19.9 Å². The van der Waals surface area contributed by atoms with Crippen molar-refractivity contribution in [2.45, 2.75) is 49.5 Å². The molecule has 1 aromatic carbocycles. The maximum absolute atomic E-state index is 13.3. The van der Waals surface area contributed by atoms with Crippen LogP contribution < -0.4 is 4.72 Å². The van der Waals surface area contributed by atoms with Crippen LogP contribution in [-0.4, -0.2) is 58.1 Å². The lowest BCUT2D eigenvalue weighted by Gasteiger charge is -2.13. The molecule has 0 aliphatic heterocycles. The molecular weight excluding hydrogens is 512 g/mol. The van der Waals surface area contributed by atoms with E-state index in [1.54, 1.807) is 30.3 Å². The summed E-state index contributed by atoms with van der Waals surface area (Å²) < 4.78 is 56.9. The predicted octanol–water partition coefficient (Wildman–Crippen LogP) is 2.81. The Morgan fingerprint density at radius 3 is 2.60 bits per heavy atom. The number of nitrogens with zero attached hydrogens (tertiary/aromatic N) is 5. The number of rotatable bonds is 8. The highest BCUT2D eigenvalue weighted by Crippen LogP contribution is 2.35. The van der Waals surface area contributed by atoms with Crippen molar-refractivity contribution in [3.63, 3.8) is 0 Å². The fraction of sp³-hybridized carbons (Fsp3) is 0.409. The Hall–Kier alpha value is -2.54. The molecule has 0 radical (unpaired) electrons. The zero-order valence-electron chi connectivity index (χ0n) is 19.0. The first-order valence-electron chi connectivity index (χ1n) is 11.3. The SMILES string of the molecule is Cc1ccc(S(=O)(=O)n2ccc3c2ncc2nnc(C4CCC(NS(=O)(=O)CCCCl)C4)n23)cc1. The van der Waals surface area contributed by atoms with Crippen LogP contribution in [0.3, 0.4) is 0 Å². The summed E-state index contributed by atoms with van der Waals surface area (Å²) in [6, 6.07) is 8.15. The van der Waals surface area contributed by atoms with Crippen LogP contribution in [0.1, 0.15) is 43.0 Å². The first kappa shape index (κ1) is 24.2. The van der Waals surface area contributed by atoms with Crippen LogP contribution in [0.25, 0.3) is 16.8 Å². The highest BCUT2D eigenvalue weighted by molar-refractivity contribution is 7.90. The third-order valence-electron chi connectivity index (χ3n) is 6.33. The number of aromatic nitrogens is 5. The van der Waals surface area contributed by atoms with E-state index in [1.165, 1.54) is 16.4 Å². The number of sulfonamides is 1. The Morgan fingerprint density at radius 1 is 1.09 bits per heavy atom. The van der Waals surface area contributed by atoms with Crippen molar-refractivity contribution in [2.75, 3.05) is 11.6 Å². The smallest absolute Gasteiger partial charge is 0.269 e. The molecule has 3 heterocycles. The van der Waals surface area contributed by atoms with Crippen molar-refractivity contribution in [1.82, 2.24) is 28.3 Å². The number of hydrogen-bond acceptors (Lipinski definition) is 7. The molecule has 0 spiro atoms. The zero-order valence-corrected chi connectivity index (χ0v) is 21.4. The zero-order chi connectivity index (χ0) is 24.8. The lowest BCUT2D eigenvalue weighted by Crippen LogP contribution is -2.34. The van der Waals surface area contributed by atoms with Gasteiger partial charge in [0.25, 0.3) is 10.0 Å². The largest absolute Gasteiger partial charge is 0.274 e. The van der Waals surface area contributed by atoms with Gasteiger partial charge in [0.05, 0.1) is 22.4 Å². The lowest BCUT2D eigenvalue weighted by molar-refractivity contribution is 0.546. The maximum atomic E-state index is 13.3. The molecule has 13 heteroatoms. The summed E-state index contributed by atoms with van der Waals surface area (Å²) in [5.74, 6) is 0.929. The second kappa shape index (κ2) is 9.16. The molecule has 2 unspecified atom stereocenters. The molecule has 0 amide bonds. The third kappa shape index (κ3) is 4.55. The van der Waals surface area contributed by atoms with Gasteiger partial charge in [-0.1, -0.05) is 17.7 Å². The van der Waals surface area contributed by atoms with Crippen LogP contribution in [-0.2, 0) is 20.0 Å². The first-order valence-corrected chi connectivity index (χ1v) is 14.9. The molecule has 0 saturated heterocycles. The van der Waals surface area contributed by atoms with Gasteiger partial charge in [0, 0.05) is 24.0 Å². The Kier molecular flexibility index (Phi) is 6.32. The number of benzene rings is 1. The quantitative estimate of drug-likeness (QED) is 0.343. The summed E-state index contributed by atoms with van der Waals surface area (Å²) in [4.78, 5) is 4.54. The lowest BCUT2D eigenvalue weighted by atomic mass is 10.1. The van der Waals surface area contributed by atoms with Crippen molar-refractivity contribution in [3.8, 4) is 0 Å². The summed E-state index contributed by atoms with van der Waals surface area (Å²) in [7, 11) is -7.24. The van der Waals surface area contributed by atoms with Crippen LogP contribution in [0.2, 0.25) is 0 Å². The van der Waals surface area contributed by atoms with Gasteiger partial charge in [-0.25, -0.2) is 30.5 Å². The molecule has 1 N–H and O–H groups in total. The van der Waals surface area contributed by atoms with Crippen molar-refractivity contribution >= 4 is 48.5 Å². The summed E-state index contributed by atoms with van der Waals surface area (Å²) in [5, 5.41) is 8.60. The van der Waals surface area contributed by atoms with E-state index in [4.69, 9.17) is 11.6 Å². The van der Waals surface area contributed by atoms with Gasteiger partial charge in [-0.05, 0) is 50.8 Å². The fourth-order valence-corrected chi connectivity index (χ4v) is 7.57. The monoisotopic (exact) mass is 536 g/mol. The van der Waals surface area contributed by atoms with Gasteiger partial charge >= 0.3 is 0 Å². The summed E-state index contributed by atoms with van der Waals surface area (Å²) in [5.41, 5.74) is 2.32. The fourth-order valence-electron chi connectivity index (χ4n) is 4.61. The van der Waals surface area contributed by atoms with Crippen molar-refractivity contribution in [2.24, 2.45) is 0 Å². The highest BCUT2D eigenvalue weighted by Gasteiger charge is 2.32. The van der Waals surface area contributed by atoms with E-state index in [-0.39, 0.29) is 28.3 Å². The number of hydrogen-bond donors (Lipinski definition) is 1. The van der Waals surface area contributed by atoms with Gasteiger partial charge in [0.1, 0.15) is 5.82 Å². The average Bonchev–Trinajstić information content (AvgIpc) is 3.55. The van der Waals surface area contributed by atoms with E-state index >= 15 is 0 Å². The Morgan fingerprint density at radius 2 is 1.86 bits per heavy atom. The summed E-state index contributed by atoms with van der Waals surface area (Å²) >= 11 is 5.63. The molecule has 1 fully saturated rings. The molecule has 2 atom stereocenters. The van der Waals surface area contributed by atoms with Crippen LogP contribution in [0.4, 0.5) is 0 Å². The number of halogens is 1. The van der Waals surface area contributed by atoms with Crippen LogP contribution in [0, 0.1) is 6.92 Å². The van der Waals surface area contributed by atoms with E-state index in [0.29, 0.717) is 42.1 Å². The predicted molar refractivity (Wildman–Crippen MR) is 133 cm³/mol. The molecule has 10 nitrogen and oxygen atoms in total. The normalized spacial score (nSPS) is 19.1. The molecule has 1 saturated carbocycles. The Balaban J connectivity index is 1.48. The molecule has 4 aromatic rings. The average molecular weight is 537 g/mol. The highest BCUT2D eigenvalue weighted by atomic mass is 35.5. The van der Waals surface area contributed by atoms with E-state index in [0.717, 1.165) is 12.0 Å². The van der Waals surface area contributed by atoms with Crippen LogP contribution in [0.15, 0.2) is 47.6 Å². The second-order valence-electron chi connectivity index (χ2n) is 8.83. The van der Waals surface area contributed by atoms with Gasteiger partial charge in [-0.15, -0.1) is 21.8 Å². The number of nitrogens with one attached hydrogen (secondary N) is 1. The molecule has 1 aliphatic carbocycles. The van der Waals surface area contributed by atoms with Gasteiger partial charge in [-0.3, -0.25) is 4.40 Å². The van der Waals surface area contributed by atoms with E-state index < -0.39 is 20.0 Å². The van der Waals surface area contributed by atoms with Gasteiger partial charge < -0.3 is 0 Å². The Labute approximate surface area is 208 Å². The molecule has 35 heavy (non-hydrogen) atoms. The minimum Gasteiger partial charge on any atom is -0.274 e. The minimum absolute atomic E-state index is 0.000787. The molecule has 186 valence electrons. The maximum Gasteiger partial charge on any atom is 0.269 e. The van der Waals surface area contributed by atoms with Crippen molar-refractivity contribution < 1.29 is 16.8 Å². The number of fused-ring (bicyclic) bond motifs is 3. The van der Waals surface area contributed by atoms with Gasteiger partial charge in [0.15, 0.2) is 11.3 Å². The topological polar surface area (TPSA) is 128 Å². The third-order valence-corrected chi connectivity index (χ3v) is 9.80. The van der Waals surface area contributed by atoms with E-state index in [1.807, 2.05) is 11.3 Å². The number of aryl methyl sites for hydroxylation is 1. The van der Waals surface area contributed by atoms with Crippen LogP contribution >= 0.6 is 11.6 Å². The summed E-state index contributed by atoms with van der Waals surface area (Å²) in [6.07, 6.45) is 5.37. The van der Waals surface area contributed by atoms with E-state index in [9.17, 15) is 16.8 Å². The van der Waals surface area contributed by atoms with Crippen LogP contribution in [0.5, 0.6) is 0 Å². The molecule has 1 aliphatic rings. The Bertz CT molecular complexity index is 1600.